The van der Waals surface area contributed by atoms with Gasteiger partial charge in [0.15, 0.2) is 0 Å². The van der Waals surface area contributed by atoms with E-state index in [4.69, 9.17) is 4.74 Å². The van der Waals surface area contributed by atoms with E-state index < -0.39 is 0 Å². The van der Waals surface area contributed by atoms with Crippen molar-refractivity contribution in [1.29, 1.82) is 0 Å². The highest BCUT2D eigenvalue weighted by Gasteiger charge is 2.36. The van der Waals surface area contributed by atoms with Crippen molar-refractivity contribution in [3.05, 3.63) is 11.8 Å². The first-order valence-electron chi connectivity index (χ1n) is 7.29. The summed E-state index contributed by atoms with van der Waals surface area (Å²) in [6.07, 6.45) is 1.46. The van der Waals surface area contributed by atoms with Crippen LogP contribution in [0.25, 0.3) is 0 Å². The molecule has 0 bridgehead atoms. The molecule has 6 heteroatoms. The predicted octanol–water partition coefficient (Wildman–Crippen LogP) is 1.10. The van der Waals surface area contributed by atoms with E-state index in [1.807, 2.05) is 20.0 Å². The van der Waals surface area contributed by atoms with Crippen LogP contribution in [0.4, 0.5) is 11.8 Å². The average Bonchev–Trinajstić information content (AvgIpc) is 2.79. The highest BCUT2D eigenvalue weighted by Crippen LogP contribution is 2.25. The van der Waals surface area contributed by atoms with Crippen molar-refractivity contribution in [2.24, 2.45) is 0 Å². The first-order chi connectivity index (χ1) is 9.64. The van der Waals surface area contributed by atoms with E-state index in [2.05, 4.69) is 32.4 Å². The minimum Gasteiger partial charge on any atom is -0.376 e. The van der Waals surface area contributed by atoms with Gasteiger partial charge < -0.3 is 15.4 Å². The monoisotopic (exact) mass is 277 g/mol. The number of anilines is 2. The summed E-state index contributed by atoms with van der Waals surface area (Å²) in [5, 5.41) is 6.54. The van der Waals surface area contributed by atoms with Crippen molar-refractivity contribution in [2.45, 2.75) is 38.5 Å². The second-order valence-electron chi connectivity index (χ2n) is 5.80. The Balaban J connectivity index is 1.65. The Hall–Kier alpha value is -1.40. The van der Waals surface area contributed by atoms with Crippen LogP contribution in [0.1, 0.15) is 19.0 Å². The fourth-order valence-corrected chi connectivity index (χ4v) is 3.11. The van der Waals surface area contributed by atoms with Crippen molar-refractivity contribution in [3.8, 4) is 0 Å². The Kier molecular flexibility index (Phi) is 3.76. The molecule has 6 nitrogen and oxygen atoms in total. The lowest BCUT2D eigenvalue weighted by Gasteiger charge is -2.33. The van der Waals surface area contributed by atoms with Gasteiger partial charge in [-0.15, -0.1) is 0 Å². The summed E-state index contributed by atoms with van der Waals surface area (Å²) in [6, 6.07) is 2.99. The number of hydrogen-bond acceptors (Lipinski definition) is 6. The molecule has 0 unspecified atom stereocenters. The van der Waals surface area contributed by atoms with Crippen LogP contribution in [0, 0.1) is 6.92 Å². The van der Waals surface area contributed by atoms with E-state index in [-0.39, 0.29) is 0 Å². The zero-order chi connectivity index (χ0) is 14.1. The largest absolute Gasteiger partial charge is 0.376 e. The number of hydrogen-bond donors (Lipinski definition) is 2. The summed E-state index contributed by atoms with van der Waals surface area (Å²) < 4.78 is 5.74. The molecule has 20 heavy (non-hydrogen) atoms. The highest BCUT2D eigenvalue weighted by molar-refractivity contribution is 5.43. The molecule has 110 valence electrons. The minimum absolute atomic E-state index is 0.349. The summed E-state index contributed by atoms with van der Waals surface area (Å²) in [7, 11) is 1.84. The molecule has 0 saturated carbocycles. The Labute approximate surface area is 119 Å². The first kappa shape index (κ1) is 13.6. The molecule has 1 aromatic rings. The van der Waals surface area contributed by atoms with Crippen LogP contribution in [-0.4, -0.2) is 59.8 Å². The first-order valence-corrected chi connectivity index (χ1v) is 7.29. The lowest BCUT2D eigenvalue weighted by molar-refractivity contribution is -0.0390. The van der Waals surface area contributed by atoms with Crippen LogP contribution in [0.3, 0.4) is 0 Å². The molecule has 1 aromatic heterocycles. The summed E-state index contributed by atoms with van der Waals surface area (Å²) in [6.45, 7) is 7.08. The smallest absolute Gasteiger partial charge is 0.224 e. The van der Waals surface area contributed by atoms with Gasteiger partial charge in [0.2, 0.25) is 5.95 Å². The normalized spacial score (nSPS) is 30.1. The summed E-state index contributed by atoms with van der Waals surface area (Å²) in [5.74, 6) is 1.57. The topological polar surface area (TPSA) is 62.3 Å². The Morgan fingerprint density at radius 1 is 1.35 bits per heavy atom. The van der Waals surface area contributed by atoms with E-state index >= 15 is 0 Å². The van der Waals surface area contributed by atoms with E-state index in [0.717, 1.165) is 37.6 Å². The van der Waals surface area contributed by atoms with Crippen LogP contribution < -0.4 is 10.6 Å². The molecule has 3 rings (SSSR count). The number of aryl methyl sites for hydroxylation is 1. The number of aromatic nitrogens is 2. The van der Waals surface area contributed by atoms with Crippen LogP contribution in [0.2, 0.25) is 0 Å². The number of ether oxygens (including phenoxy) is 1. The fourth-order valence-electron chi connectivity index (χ4n) is 3.11. The summed E-state index contributed by atoms with van der Waals surface area (Å²) in [5.41, 5.74) is 0.972. The van der Waals surface area contributed by atoms with Gasteiger partial charge in [-0.05, 0) is 20.3 Å². The Morgan fingerprint density at radius 3 is 3.00 bits per heavy atom. The van der Waals surface area contributed by atoms with Crippen LogP contribution in [-0.2, 0) is 4.74 Å². The van der Waals surface area contributed by atoms with Crippen molar-refractivity contribution in [1.82, 2.24) is 14.9 Å². The van der Waals surface area contributed by atoms with E-state index in [9.17, 15) is 0 Å². The molecule has 2 fully saturated rings. The number of rotatable bonds is 3. The van der Waals surface area contributed by atoms with Gasteiger partial charge in [-0.2, -0.15) is 4.98 Å². The zero-order valence-electron chi connectivity index (χ0n) is 12.4. The third-order valence-electron chi connectivity index (χ3n) is 4.02. The highest BCUT2D eigenvalue weighted by atomic mass is 16.5. The van der Waals surface area contributed by atoms with E-state index in [1.165, 1.54) is 0 Å². The van der Waals surface area contributed by atoms with Gasteiger partial charge in [-0.3, -0.25) is 4.90 Å². The number of nitrogens with zero attached hydrogens (tertiary/aromatic N) is 3. The molecular formula is C14H23N5O. The third kappa shape index (κ3) is 2.86. The van der Waals surface area contributed by atoms with Gasteiger partial charge in [0.05, 0.1) is 12.7 Å². The number of fused-ring (bicyclic) bond motifs is 1. The molecule has 0 aromatic carbocycles. The van der Waals surface area contributed by atoms with Gasteiger partial charge in [0, 0.05) is 44.0 Å². The molecular weight excluding hydrogens is 254 g/mol. The van der Waals surface area contributed by atoms with Gasteiger partial charge in [-0.1, -0.05) is 0 Å². The molecule has 0 amide bonds. The lowest BCUT2D eigenvalue weighted by atomic mass is 10.1. The molecule has 2 N–H and O–H groups in total. The number of nitrogens with one attached hydrogen (secondary N) is 2. The standard InChI is InChI=1S/C14H23N5O/c1-9-4-13(18-14(15-3)16-9)17-11-5-12-8-20-10(2)6-19(12)7-11/h4,10-12H,5-8H2,1-3H3,(H2,15,16,17,18)/t10-,11-,12-/m0/s1. The van der Waals surface area contributed by atoms with Gasteiger partial charge >= 0.3 is 0 Å². The van der Waals surface area contributed by atoms with E-state index in [0.29, 0.717) is 24.1 Å². The van der Waals surface area contributed by atoms with Gasteiger partial charge in [-0.25, -0.2) is 4.98 Å². The van der Waals surface area contributed by atoms with Crippen molar-refractivity contribution >= 4 is 11.8 Å². The van der Waals surface area contributed by atoms with Crippen LogP contribution in [0.5, 0.6) is 0 Å². The van der Waals surface area contributed by atoms with Crippen LogP contribution in [0.15, 0.2) is 6.07 Å². The Morgan fingerprint density at radius 2 is 2.20 bits per heavy atom. The van der Waals surface area contributed by atoms with Crippen molar-refractivity contribution in [2.75, 3.05) is 37.4 Å². The second kappa shape index (κ2) is 5.54. The van der Waals surface area contributed by atoms with Crippen molar-refractivity contribution in [3.63, 3.8) is 0 Å². The molecule has 3 atom stereocenters. The molecule has 0 radical (unpaired) electrons. The maximum Gasteiger partial charge on any atom is 0.224 e. The maximum absolute atomic E-state index is 5.74. The second-order valence-corrected chi connectivity index (χ2v) is 5.80. The summed E-state index contributed by atoms with van der Waals surface area (Å²) >= 11 is 0. The quantitative estimate of drug-likeness (QED) is 0.863. The molecule has 2 aliphatic heterocycles. The Bertz CT molecular complexity index is 481. The molecule has 2 saturated heterocycles. The van der Waals surface area contributed by atoms with Crippen LogP contribution >= 0.6 is 0 Å². The molecule has 0 aliphatic carbocycles. The lowest BCUT2D eigenvalue weighted by Crippen LogP contribution is -2.45. The van der Waals surface area contributed by atoms with E-state index in [1.54, 1.807) is 0 Å². The maximum atomic E-state index is 5.74. The predicted molar refractivity (Wildman–Crippen MR) is 79.1 cm³/mol. The SMILES string of the molecule is CNc1nc(C)cc(N[C@H]2C[C@H]3CO[C@@H](C)CN3C2)n1. The molecule has 2 aliphatic rings. The summed E-state index contributed by atoms with van der Waals surface area (Å²) in [4.78, 5) is 11.3. The molecule has 0 spiro atoms. The minimum atomic E-state index is 0.349. The number of morpholine rings is 1. The molecule has 3 heterocycles. The van der Waals surface area contributed by atoms with Gasteiger partial charge in [0.25, 0.3) is 0 Å². The third-order valence-corrected chi connectivity index (χ3v) is 4.02. The average molecular weight is 277 g/mol. The van der Waals surface area contributed by atoms with Gasteiger partial charge in [0.1, 0.15) is 5.82 Å². The fraction of sp³-hybridized carbons (Fsp3) is 0.714. The van der Waals surface area contributed by atoms with Crippen molar-refractivity contribution < 1.29 is 4.74 Å². The zero-order valence-corrected chi connectivity index (χ0v) is 12.4.